The second-order valence-electron chi connectivity index (χ2n) is 9.40. The molecule has 3 aromatic carbocycles. The van der Waals surface area contributed by atoms with Gasteiger partial charge in [-0.15, -0.1) is 0 Å². The summed E-state index contributed by atoms with van der Waals surface area (Å²) in [7, 11) is -4.06. The lowest BCUT2D eigenvalue weighted by Crippen LogP contribution is -2.52. The first-order chi connectivity index (χ1) is 18.1. The van der Waals surface area contributed by atoms with Gasteiger partial charge in [-0.05, 0) is 62.9 Å². The molecule has 0 aliphatic rings. The standard InChI is InChI=1S/C30H37N3O4S/c1-5-20-31-30(35)25(4)32(21-19-26-12-7-6-8-13-26)29(34)22-33(28-14-10-9-11-24(28)3)38(36,37)27-17-15-23(2)16-18-27/h6-18,25H,5,19-22H2,1-4H3,(H,31,35)/t25-/m0/s1. The highest BCUT2D eigenvalue weighted by atomic mass is 32.2. The van der Waals surface area contributed by atoms with Crippen molar-refractivity contribution in [2.24, 2.45) is 0 Å². The third-order valence-corrected chi connectivity index (χ3v) is 8.25. The van der Waals surface area contributed by atoms with Gasteiger partial charge in [0.15, 0.2) is 0 Å². The summed E-state index contributed by atoms with van der Waals surface area (Å²) in [4.78, 5) is 28.3. The van der Waals surface area contributed by atoms with E-state index in [1.54, 1.807) is 43.3 Å². The number of hydrogen-bond acceptors (Lipinski definition) is 4. The summed E-state index contributed by atoms with van der Waals surface area (Å²) >= 11 is 0. The van der Waals surface area contributed by atoms with Crippen molar-refractivity contribution in [3.8, 4) is 0 Å². The van der Waals surface area contributed by atoms with Crippen LogP contribution in [0.4, 0.5) is 5.69 Å². The third kappa shape index (κ3) is 7.22. The highest BCUT2D eigenvalue weighted by molar-refractivity contribution is 7.92. The predicted molar refractivity (Wildman–Crippen MR) is 152 cm³/mol. The van der Waals surface area contributed by atoms with E-state index in [-0.39, 0.29) is 17.3 Å². The average Bonchev–Trinajstić information content (AvgIpc) is 2.91. The fraction of sp³-hybridized carbons (Fsp3) is 0.333. The molecular formula is C30H37N3O4S. The predicted octanol–water partition coefficient (Wildman–Crippen LogP) is 4.48. The van der Waals surface area contributed by atoms with Crippen LogP contribution in [0, 0.1) is 13.8 Å². The summed E-state index contributed by atoms with van der Waals surface area (Å²) in [5.41, 5.74) is 3.10. The van der Waals surface area contributed by atoms with Crippen LogP contribution in [0.3, 0.4) is 0 Å². The molecule has 0 aliphatic carbocycles. The Balaban J connectivity index is 1.97. The van der Waals surface area contributed by atoms with Crippen molar-refractivity contribution < 1.29 is 18.0 Å². The lowest BCUT2D eigenvalue weighted by Gasteiger charge is -2.32. The third-order valence-electron chi connectivity index (χ3n) is 6.47. The highest BCUT2D eigenvalue weighted by Crippen LogP contribution is 2.27. The first-order valence-corrected chi connectivity index (χ1v) is 14.3. The zero-order chi connectivity index (χ0) is 27.7. The van der Waals surface area contributed by atoms with E-state index in [4.69, 9.17) is 0 Å². The van der Waals surface area contributed by atoms with Crippen molar-refractivity contribution >= 4 is 27.5 Å². The molecule has 0 unspecified atom stereocenters. The quantitative estimate of drug-likeness (QED) is 0.370. The molecule has 3 rings (SSSR count). The van der Waals surface area contributed by atoms with Crippen LogP contribution in [0.2, 0.25) is 0 Å². The molecule has 1 N–H and O–H groups in total. The Kier molecular flexibility index (Phi) is 10.1. The fourth-order valence-electron chi connectivity index (χ4n) is 4.16. The van der Waals surface area contributed by atoms with Crippen molar-refractivity contribution in [3.05, 3.63) is 95.6 Å². The summed E-state index contributed by atoms with van der Waals surface area (Å²) in [6.07, 6.45) is 1.30. The Labute approximate surface area is 226 Å². The molecule has 202 valence electrons. The molecule has 3 aromatic rings. The minimum atomic E-state index is -4.06. The summed E-state index contributed by atoms with van der Waals surface area (Å²) in [5.74, 6) is -0.712. The lowest BCUT2D eigenvalue weighted by atomic mass is 10.1. The average molecular weight is 536 g/mol. The Morgan fingerprint density at radius 3 is 2.16 bits per heavy atom. The van der Waals surface area contributed by atoms with E-state index in [0.29, 0.717) is 18.7 Å². The maximum Gasteiger partial charge on any atom is 0.264 e. The van der Waals surface area contributed by atoms with Gasteiger partial charge in [-0.3, -0.25) is 13.9 Å². The molecule has 0 fully saturated rings. The van der Waals surface area contributed by atoms with Gasteiger partial charge in [-0.25, -0.2) is 8.42 Å². The van der Waals surface area contributed by atoms with Gasteiger partial charge in [0.2, 0.25) is 11.8 Å². The fourth-order valence-corrected chi connectivity index (χ4v) is 5.64. The van der Waals surface area contributed by atoms with E-state index < -0.39 is 28.5 Å². The van der Waals surface area contributed by atoms with Crippen molar-refractivity contribution in [3.63, 3.8) is 0 Å². The minimum absolute atomic E-state index is 0.101. The largest absolute Gasteiger partial charge is 0.354 e. The number of nitrogens with zero attached hydrogens (tertiary/aromatic N) is 2. The van der Waals surface area contributed by atoms with Crippen LogP contribution in [0.1, 0.15) is 37.0 Å². The molecule has 7 nitrogen and oxygen atoms in total. The first kappa shape index (κ1) is 28.9. The molecule has 0 heterocycles. The highest BCUT2D eigenvalue weighted by Gasteiger charge is 2.32. The summed E-state index contributed by atoms with van der Waals surface area (Å²) < 4.78 is 28.9. The van der Waals surface area contributed by atoms with Gasteiger partial charge >= 0.3 is 0 Å². The van der Waals surface area contributed by atoms with Gasteiger partial charge in [0, 0.05) is 13.1 Å². The van der Waals surface area contributed by atoms with Crippen molar-refractivity contribution in [1.29, 1.82) is 0 Å². The normalized spacial score (nSPS) is 12.0. The van der Waals surface area contributed by atoms with Crippen LogP contribution in [-0.4, -0.2) is 50.8 Å². The molecule has 38 heavy (non-hydrogen) atoms. The van der Waals surface area contributed by atoms with Crippen molar-refractivity contribution in [1.82, 2.24) is 10.2 Å². The second kappa shape index (κ2) is 13.2. The van der Waals surface area contributed by atoms with Crippen LogP contribution in [-0.2, 0) is 26.0 Å². The molecular weight excluding hydrogens is 498 g/mol. The molecule has 0 bridgehead atoms. The molecule has 0 aliphatic heterocycles. The van der Waals surface area contributed by atoms with E-state index in [1.807, 2.05) is 63.2 Å². The minimum Gasteiger partial charge on any atom is -0.354 e. The Bertz CT molecular complexity index is 1330. The van der Waals surface area contributed by atoms with Crippen molar-refractivity contribution in [2.75, 3.05) is 23.9 Å². The van der Waals surface area contributed by atoms with Gasteiger partial charge in [0.1, 0.15) is 12.6 Å². The van der Waals surface area contributed by atoms with Crippen LogP contribution < -0.4 is 9.62 Å². The van der Waals surface area contributed by atoms with Crippen LogP contribution >= 0.6 is 0 Å². The number of nitrogens with one attached hydrogen (secondary N) is 1. The second-order valence-corrected chi connectivity index (χ2v) is 11.3. The topological polar surface area (TPSA) is 86.8 Å². The Morgan fingerprint density at radius 1 is 0.895 bits per heavy atom. The molecule has 0 spiro atoms. The maximum absolute atomic E-state index is 13.9. The van der Waals surface area contributed by atoms with E-state index in [9.17, 15) is 18.0 Å². The van der Waals surface area contributed by atoms with Gasteiger partial charge in [-0.1, -0.05) is 73.2 Å². The molecule has 0 saturated carbocycles. The zero-order valence-electron chi connectivity index (χ0n) is 22.6. The van der Waals surface area contributed by atoms with Gasteiger partial charge < -0.3 is 10.2 Å². The van der Waals surface area contributed by atoms with Crippen LogP contribution in [0.15, 0.2) is 83.8 Å². The first-order valence-electron chi connectivity index (χ1n) is 12.9. The zero-order valence-corrected chi connectivity index (χ0v) is 23.4. The Hall–Kier alpha value is -3.65. The molecule has 1 atom stereocenters. The molecule has 2 amide bonds. The van der Waals surface area contributed by atoms with Crippen LogP contribution in [0.25, 0.3) is 0 Å². The van der Waals surface area contributed by atoms with E-state index in [2.05, 4.69) is 5.32 Å². The number of carbonyl (C=O) groups is 2. The van der Waals surface area contributed by atoms with Crippen molar-refractivity contribution in [2.45, 2.75) is 51.5 Å². The lowest BCUT2D eigenvalue weighted by molar-refractivity contribution is -0.138. The number of rotatable bonds is 12. The number of sulfonamides is 1. The van der Waals surface area contributed by atoms with Gasteiger partial charge in [0.25, 0.3) is 10.0 Å². The number of aryl methyl sites for hydroxylation is 2. The number of hydrogen-bond donors (Lipinski definition) is 1. The number of amides is 2. The van der Waals surface area contributed by atoms with Crippen LogP contribution in [0.5, 0.6) is 0 Å². The number of anilines is 1. The SMILES string of the molecule is CCCNC(=O)[C@H](C)N(CCc1ccccc1)C(=O)CN(c1ccccc1C)S(=O)(=O)c1ccc(C)cc1. The number of carbonyl (C=O) groups excluding carboxylic acids is 2. The summed E-state index contributed by atoms with van der Waals surface area (Å²) in [5, 5.41) is 2.86. The smallest absolute Gasteiger partial charge is 0.264 e. The molecule has 0 aromatic heterocycles. The van der Waals surface area contributed by atoms with E-state index in [0.717, 1.165) is 27.4 Å². The molecule has 8 heteroatoms. The molecule has 0 saturated heterocycles. The summed E-state index contributed by atoms with van der Waals surface area (Å²) in [6, 6.07) is 22.6. The number of para-hydroxylation sites is 1. The maximum atomic E-state index is 13.9. The number of benzene rings is 3. The van der Waals surface area contributed by atoms with Gasteiger partial charge in [-0.2, -0.15) is 0 Å². The Morgan fingerprint density at radius 2 is 1.53 bits per heavy atom. The summed E-state index contributed by atoms with van der Waals surface area (Å²) in [6.45, 7) is 7.68. The van der Waals surface area contributed by atoms with E-state index >= 15 is 0 Å². The van der Waals surface area contributed by atoms with E-state index in [1.165, 1.54) is 4.90 Å². The van der Waals surface area contributed by atoms with Gasteiger partial charge in [0.05, 0.1) is 10.6 Å². The molecule has 0 radical (unpaired) electrons. The monoisotopic (exact) mass is 535 g/mol.